The second kappa shape index (κ2) is 4.26. The summed E-state index contributed by atoms with van der Waals surface area (Å²) < 4.78 is 1.04. The van der Waals surface area contributed by atoms with E-state index in [4.69, 9.17) is 17.3 Å². The van der Waals surface area contributed by atoms with Gasteiger partial charge in [0.1, 0.15) is 0 Å². The lowest BCUT2D eigenvalue weighted by molar-refractivity contribution is 0.738. The average molecular weight is 249 g/mol. The maximum atomic E-state index is 5.96. The van der Waals surface area contributed by atoms with Crippen LogP contribution < -0.4 is 5.73 Å². The molecule has 0 aliphatic rings. The Morgan fingerprint density at radius 3 is 2.83 bits per heavy atom. The van der Waals surface area contributed by atoms with Gasteiger partial charge in [0.05, 0.1) is 0 Å². The molecule has 0 spiro atoms. The van der Waals surface area contributed by atoms with Crippen LogP contribution in [-0.4, -0.2) is 6.04 Å². The van der Waals surface area contributed by atoms with Gasteiger partial charge in [-0.05, 0) is 37.1 Å². The van der Waals surface area contributed by atoms with Gasteiger partial charge < -0.3 is 5.73 Å². The standard InChI is InChI=1S/C9H11BrClN/c1-6(12)4-7-5-8(10)2-3-9(7)11/h2-3,5-6H,4,12H2,1H3. The van der Waals surface area contributed by atoms with E-state index in [1.807, 2.05) is 25.1 Å². The Labute approximate surface area is 86.0 Å². The Balaban J connectivity index is 2.90. The third-order valence-corrected chi connectivity index (χ3v) is 2.41. The molecule has 0 fully saturated rings. The van der Waals surface area contributed by atoms with Crippen LogP contribution in [0.2, 0.25) is 5.02 Å². The molecule has 0 aromatic heterocycles. The quantitative estimate of drug-likeness (QED) is 0.855. The van der Waals surface area contributed by atoms with E-state index >= 15 is 0 Å². The second-order valence-corrected chi connectivity index (χ2v) is 4.24. The van der Waals surface area contributed by atoms with Gasteiger partial charge in [-0.2, -0.15) is 0 Å². The first-order chi connectivity index (χ1) is 5.59. The van der Waals surface area contributed by atoms with Crippen LogP contribution in [-0.2, 0) is 6.42 Å². The van der Waals surface area contributed by atoms with Gasteiger partial charge in [0.15, 0.2) is 0 Å². The Kier molecular flexibility index (Phi) is 3.56. The molecule has 12 heavy (non-hydrogen) atoms. The predicted molar refractivity (Wildman–Crippen MR) is 56.5 cm³/mol. The lowest BCUT2D eigenvalue weighted by Gasteiger charge is -2.07. The molecule has 1 atom stereocenters. The van der Waals surface area contributed by atoms with Crippen molar-refractivity contribution in [3.8, 4) is 0 Å². The van der Waals surface area contributed by atoms with Crippen LogP contribution in [0.1, 0.15) is 12.5 Å². The molecule has 0 amide bonds. The van der Waals surface area contributed by atoms with Crippen LogP contribution in [0.15, 0.2) is 22.7 Å². The molecule has 0 saturated heterocycles. The zero-order valence-electron chi connectivity index (χ0n) is 6.85. The van der Waals surface area contributed by atoms with Crippen LogP contribution in [0.25, 0.3) is 0 Å². The fourth-order valence-electron chi connectivity index (χ4n) is 1.05. The summed E-state index contributed by atoms with van der Waals surface area (Å²) in [7, 11) is 0. The Morgan fingerprint density at radius 1 is 1.58 bits per heavy atom. The zero-order chi connectivity index (χ0) is 9.14. The molecule has 0 aliphatic heterocycles. The summed E-state index contributed by atoms with van der Waals surface area (Å²) in [6.45, 7) is 1.97. The molecule has 0 saturated carbocycles. The van der Waals surface area contributed by atoms with Crippen molar-refractivity contribution in [1.82, 2.24) is 0 Å². The first-order valence-corrected chi connectivity index (χ1v) is 4.96. The van der Waals surface area contributed by atoms with E-state index in [1.54, 1.807) is 0 Å². The van der Waals surface area contributed by atoms with Gasteiger partial charge in [-0.3, -0.25) is 0 Å². The molecule has 1 unspecified atom stereocenters. The highest BCUT2D eigenvalue weighted by molar-refractivity contribution is 9.10. The van der Waals surface area contributed by atoms with Crippen molar-refractivity contribution in [2.45, 2.75) is 19.4 Å². The van der Waals surface area contributed by atoms with Crippen LogP contribution >= 0.6 is 27.5 Å². The molecule has 2 N–H and O–H groups in total. The lowest BCUT2D eigenvalue weighted by atomic mass is 10.1. The van der Waals surface area contributed by atoms with Crippen LogP contribution in [0, 0.1) is 0 Å². The van der Waals surface area contributed by atoms with Gasteiger partial charge in [0.25, 0.3) is 0 Å². The number of benzene rings is 1. The van der Waals surface area contributed by atoms with E-state index in [0.29, 0.717) is 0 Å². The number of nitrogens with two attached hydrogens (primary N) is 1. The number of hydrogen-bond acceptors (Lipinski definition) is 1. The summed E-state index contributed by atoms with van der Waals surface area (Å²) in [5.41, 5.74) is 6.77. The normalized spacial score (nSPS) is 13.0. The highest BCUT2D eigenvalue weighted by atomic mass is 79.9. The van der Waals surface area contributed by atoms with Crippen molar-refractivity contribution >= 4 is 27.5 Å². The Bertz CT molecular complexity index is 273. The average Bonchev–Trinajstić information content (AvgIpc) is 1.96. The number of halogens is 2. The predicted octanol–water partition coefficient (Wildman–Crippen LogP) is 2.99. The van der Waals surface area contributed by atoms with Crippen molar-refractivity contribution in [3.05, 3.63) is 33.3 Å². The summed E-state index contributed by atoms with van der Waals surface area (Å²) >= 11 is 9.35. The zero-order valence-corrected chi connectivity index (χ0v) is 9.19. The van der Waals surface area contributed by atoms with Gasteiger partial charge >= 0.3 is 0 Å². The van der Waals surface area contributed by atoms with Crippen molar-refractivity contribution in [2.24, 2.45) is 5.73 Å². The third kappa shape index (κ3) is 2.77. The van der Waals surface area contributed by atoms with Gasteiger partial charge in [0.2, 0.25) is 0 Å². The van der Waals surface area contributed by atoms with E-state index in [2.05, 4.69) is 15.9 Å². The molecule has 1 rings (SSSR count). The molecule has 0 bridgehead atoms. The fraction of sp³-hybridized carbons (Fsp3) is 0.333. The van der Waals surface area contributed by atoms with E-state index < -0.39 is 0 Å². The minimum absolute atomic E-state index is 0.150. The highest BCUT2D eigenvalue weighted by Gasteiger charge is 2.03. The molecule has 1 aromatic rings. The van der Waals surface area contributed by atoms with Crippen molar-refractivity contribution in [2.75, 3.05) is 0 Å². The number of rotatable bonds is 2. The highest BCUT2D eigenvalue weighted by Crippen LogP contribution is 2.21. The van der Waals surface area contributed by atoms with Crippen molar-refractivity contribution in [3.63, 3.8) is 0 Å². The van der Waals surface area contributed by atoms with E-state index in [1.165, 1.54) is 0 Å². The maximum absolute atomic E-state index is 5.96. The molecular formula is C9H11BrClN. The first kappa shape index (κ1) is 10.0. The molecule has 1 aromatic carbocycles. The summed E-state index contributed by atoms with van der Waals surface area (Å²) in [6.07, 6.45) is 0.818. The second-order valence-electron chi connectivity index (χ2n) is 2.92. The van der Waals surface area contributed by atoms with Crippen molar-refractivity contribution < 1.29 is 0 Å². The van der Waals surface area contributed by atoms with Gasteiger partial charge in [-0.25, -0.2) is 0 Å². The summed E-state index contributed by atoms with van der Waals surface area (Å²) in [5, 5.41) is 0.788. The minimum Gasteiger partial charge on any atom is -0.328 e. The smallest absolute Gasteiger partial charge is 0.0439 e. The topological polar surface area (TPSA) is 26.0 Å². The maximum Gasteiger partial charge on any atom is 0.0439 e. The van der Waals surface area contributed by atoms with Crippen LogP contribution in [0.4, 0.5) is 0 Å². The number of hydrogen-bond donors (Lipinski definition) is 1. The first-order valence-electron chi connectivity index (χ1n) is 3.79. The lowest BCUT2D eigenvalue weighted by Crippen LogP contribution is -2.17. The summed E-state index contributed by atoms with van der Waals surface area (Å²) in [5.74, 6) is 0. The molecule has 66 valence electrons. The SMILES string of the molecule is CC(N)Cc1cc(Br)ccc1Cl. The minimum atomic E-state index is 0.150. The van der Waals surface area contributed by atoms with Gasteiger partial charge in [-0.15, -0.1) is 0 Å². The van der Waals surface area contributed by atoms with Crippen LogP contribution in [0.5, 0.6) is 0 Å². The van der Waals surface area contributed by atoms with E-state index in [0.717, 1.165) is 21.5 Å². The fourth-order valence-corrected chi connectivity index (χ4v) is 1.65. The molecule has 1 nitrogen and oxygen atoms in total. The van der Waals surface area contributed by atoms with Crippen molar-refractivity contribution in [1.29, 1.82) is 0 Å². The van der Waals surface area contributed by atoms with Gasteiger partial charge in [0, 0.05) is 15.5 Å². The third-order valence-electron chi connectivity index (χ3n) is 1.55. The Morgan fingerprint density at radius 2 is 2.25 bits per heavy atom. The molecule has 0 aliphatic carbocycles. The summed E-state index contributed by atoms with van der Waals surface area (Å²) in [6, 6.07) is 5.96. The Hall–Kier alpha value is -0.0500. The van der Waals surface area contributed by atoms with E-state index in [-0.39, 0.29) is 6.04 Å². The molecule has 3 heteroatoms. The monoisotopic (exact) mass is 247 g/mol. The largest absolute Gasteiger partial charge is 0.328 e. The molecular weight excluding hydrogens is 237 g/mol. The molecule has 0 radical (unpaired) electrons. The summed E-state index contributed by atoms with van der Waals surface area (Å²) in [4.78, 5) is 0. The molecule has 0 heterocycles. The van der Waals surface area contributed by atoms with E-state index in [9.17, 15) is 0 Å². The van der Waals surface area contributed by atoms with Gasteiger partial charge in [-0.1, -0.05) is 27.5 Å². The van der Waals surface area contributed by atoms with Crippen LogP contribution in [0.3, 0.4) is 0 Å².